The quantitative estimate of drug-likeness (QED) is 0.761. The average molecular weight is 307 g/mol. The van der Waals surface area contributed by atoms with E-state index in [1.54, 1.807) is 0 Å². The summed E-state index contributed by atoms with van der Waals surface area (Å²) in [5, 5.41) is 3.19. The fraction of sp³-hybridized carbons (Fsp3) is 0.600. The first kappa shape index (κ1) is 17.8. The molecule has 0 aliphatic rings. The van der Waals surface area contributed by atoms with Crippen molar-refractivity contribution < 1.29 is 22.3 Å². The van der Waals surface area contributed by atoms with Gasteiger partial charge in [-0.3, -0.25) is 0 Å². The minimum atomic E-state index is -4.72. The lowest BCUT2D eigenvalue weighted by atomic mass is 10.2. The van der Waals surface area contributed by atoms with Crippen LogP contribution in [0, 0.1) is 11.7 Å². The lowest BCUT2D eigenvalue weighted by molar-refractivity contribution is -0.140. The van der Waals surface area contributed by atoms with Crippen molar-refractivity contribution in [1.82, 2.24) is 5.32 Å². The van der Waals surface area contributed by atoms with Crippen molar-refractivity contribution in [2.75, 3.05) is 13.1 Å². The Hall–Kier alpha value is -1.30. The van der Waals surface area contributed by atoms with E-state index in [0.29, 0.717) is 24.9 Å². The summed E-state index contributed by atoms with van der Waals surface area (Å²) in [6.45, 7) is 7.34. The van der Waals surface area contributed by atoms with E-state index in [2.05, 4.69) is 19.2 Å². The molecule has 1 rings (SSSR count). The van der Waals surface area contributed by atoms with Crippen molar-refractivity contribution in [1.29, 1.82) is 0 Å². The van der Waals surface area contributed by atoms with Crippen molar-refractivity contribution in [2.45, 2.75) is 39.5 Å². The number of hydrogen-bond acceptors (Lipinski definition) is 2. The second-order valence-corrected chi connectivity index (χ2v) is 5.34. The maximum Gasteiger partial charge on any atom is 0.419 e. The Morgan fingerprint density at radius 1 is 1.19 bits per heavy atom. The predicted molar refractivity (Wildman–Crippen MR) is 73.8 cm³/mol. The van der Waals surface area contributed by atoms with E-state index in [1.807, 2.05) is 6.92 Å². The van der Waals surface area contributed by atoms with Crippen LogP contribution < -0.4 is 10.1 Å². The van der Waals surface area contributed by atoms with Gasteiger partial charge in [-0.25, -0.2) is 4.39 Å². The van der Waals surface area contributed by atoms with Gasteiger partial charge in [-0.05, 0) is 37.1 Å². The molecule has 2 nitrogen and oxygen atoms in total. The smallest absolute Gasteiger partial charge is 0.419 e. The van der Waals surface area contributed by atoms with Gasteiger partial charge in [0.2, 0.25) is 0 Å². The molecule has 0 saturated heterocycles. The number of benzene rings is 1. The van der Waals surface area contributed by atoms with Crippen LogP contribution in [-0.2, 0) is 6.18 Å². The lowest BCUT2D eigenvalue weighted by Gasteiger charge is -2.20. The summed E-state index contributed by atoms with van der Waals surface area (Å²) >= 11 is 0. The van der Waals surface area contributed by atoms with Crippen LogP contribution in [0.15, 0.2) is 18.2 Å². The van der Waals surface area contributed by atoms with Crippen molar-refractivity contribution in [3.05, 3.63) is 29.6 Å². The number of hydrogen-bond donors (Lipinski definition) is 1. The fourth-order valence-electron chi connectivity index (χ4n) is 1.79. The Balaban J connectivity index is 2.72. The Labute approximate surface area is 122 Å². The van der Waals surface area contributed by atoms with E-state index >= 15 is 0 Å². The fourth-order valence-corrected chi connectivity index (χ4v) is 1.79. The van der Waals surface area contributed by atoms with Crippen LogP contribution in [0.3, 0.4) is 0 Å². The van der Waals surface area contributed by atoms with Crippen LogP contribution >= 0.6 is 0 Å². The van der Waals surface area contributed by atoms with E-state index in [4.69, 9.17) is 4.74 Å². The molecule has 120 valence electrons. The summed E-state index contributed by atoms with van der Waals surface area (Å²) in [7, 11) is 0. The summed E-state index contributed by atoms with van der Waals surface area (Å²) < 4.78 is 56.6. The SMILES string of the molecule is CCC(CNCC(C)C)Oc1ccc(F)c(C(F)(F)F)c1. The van der Waals surface area contributed by atoms with Gasteiger partial charge in [0.05, 0.1) is 5.56 Å². The second kappa shape index (κ2) is 7.64. The molecule has 0 saturated carbocycles. The largest absolute Gasteiger partial charge is 0.489 e. The van der Waals surface area contributed by atoms with E-state index in [-0.39, 0.29) is 11.9 Å². The number of halogens is 4. The van der Waals surface area contributed by atoms with E-state index < -0.39 is 17.6 Å². The zero-order valence-corrected chi connectivity index (χ0v) is 12.4. The third-order valence-electron chi connectivity index (χ3n) is 2.93. The highest BCUT2D eigenvalue weighted by Gasteiger charge is 2.34. The van der Waals surface area contributed by atoms with Crippen molar-refractivity contribution in [3.8, 4) is 5.75 Å². The molecule has 1 N–H and O–H groups in total. The summed E-state index contributed by atoms with van der Waals surface area (Å²) in [5.74, 6) is -0.784. The molecule has 1 aromatic rings. The molecule has 0 aromatic heterocycles. The van der Waals surface area contributed by atoms with Crippen molar-refractivity contribution >= 4 is 0 Å². The van der Waals surface area contributed by atoms with Gasteiger partial charge in [0, 0.05) is 6.54 Å². The predicted octanol–water partition coefficient (Wildman–Crippen LogP) is 4.25. The Morgan fingerprint density at radius 3 is 2.38 bits per heavy atom. The maximum absolute atomic E-state index is 13.2. The molecule has 0 aliphatic heterocycles. The minimum absolute atomic E-state index is 0.0296. The molecular weight excluding hydrogens is 286 g/mol. The number of ether oxygens (including phenoxy) is 1. The van der Waals surface area contributed by atoms with Crippen LogP contribution in [0.5, 0.6) is 5.75 Å². The monoisotopic (exact) mass is 307 g/mol. The Kier molecular flexibility index (Phi) is 6.45. The zero-order chi connectivity index (χ0) is 16.0. The molecule has 1 unspecified atom stereocenters. The highest BCUT2D eigenvalue weighted by atomic mass is 19.4. The standard InChI is InChI=1S/C15H21F4NO/c1-4-11(9-20-8-10(2)3)21-12-5-6-14(16)13(7-12)15(17,18)19/h5-7,10-11,20H,4,8-9H2,1-3H3. The van der Waals surface area contributed by atoms with Gasteiger partial charge in [0.1, 0.15) is 17.7 Å². The molecule has 0 radical (unpaired) electrons. The normalized spacial score (nSPS) is 13.5. The van der Waals surface area contributed by atoms with Gasteiger partial charge in [-0.2, -0.15) is 13.2 Å². The highest BCUT2D eigenvalue weighted by molar-refractivity contribution is 5.31. The number of nitrogens with one attached hydrogen (secondary N) is 1. The topological polar surface area (TPSA) is 21.3 Å². The van der Waals surface area contributed by atoms with Crippen LogP contribution in [0.25, 0.3) is 0 Å². The van der Waals surface area contributed by atoms with Gasteiger partial charge in [0.25, 0.3) is 0 Å². The molecule has 0 aliphatic carbocycles. The summed E-state index contributed by atoms with van der Waals surface area (Å²) in [6.07, 6.45) is -4.33. The van der Waals surface area contributed by atoms with Gasteiger partial charge < -0.3 is 10.1 Å². The van der Waals surface area contributed by atoms with Crippen LogP contribution in [-0.4, -0.2) is 19.2 Å². The Morgan fingerprint density at radius 2 is 1.86 bits per heavy atom. The molecule has 0 amide bonds. The van der Waals surface area contributed by atoms with Gasteiger partial charge in [0.15, 0.2) is 0 Å². The van der Waals surface area contributed by atoms with E-state index in [9.17, 15) is 17.6 Å². The molecule has 0 heterocycles. The third kappa shape index (κ3) is 5.91. The molecule has 21 heavy (non-hydrogen) atoms. The molecular formula is C15H21F4NO. The molecule has 0 fully saturated rings. The van der Waals surface area contributed by atoms with Crippen molar-refractivity contribution in [2.24, 2.45) is 5.92 Å². The molecule has 0 bridgehead atoms. The first-order valence-corrected chi connectivity index (χ1v) is 6.98. The zero-order valence-electron chi connectivity index (χ0n) is 12.4. The maximum atomic E-state index is 13.2. The number of rotatable bonds is 7. The lowest BCUT2D eigenvalue weighted by Crippen LogP contribution is -2.33. The molecule has 6 heteroatoms. The number of alkyl halides is 3. The summed E-state index contributed by atoms with van der Waals surface area (Å²) in [6, 6.07) is 2.71. The van der Waals surface area contributed by atoms with Crippen LogP contribution in [0.4, 0.5) is 17.6 Å². The van der Waals surface area contributed by atoms with Crippen LogP contribution in [0.2, 0.25) is 0 Å². The highest BCUT2D eigenvalue weighted by Crippen LogP contribution is 2.33. The second-order valence-electron chi connectivity index (χ2n) is 5.34. The summed E-state index contributed by atoms with van der Waals surface area (Å²) in [5.41, 5.74) is -1.30. The van der Waals surface area contributed by atoms with Gasteiger partial charge in [-0.15, -0.1) is 0 Å². The van der Waals surface area contributed by atoms with E-state index in [1.165, 1.54) is 6.07 Å². The average Bonchev–Trinajstić information content (AvgIpc) is 2.37. The summed E-state index contributed by atoms with van der Waals surface area (Å²) in [4.78, 5) is 0. The van der Waals surface area contributed by atoms with Gasteiger partial charge >= 0.3 is 6.18 Å². The first-order chi connectivity index (χ1) is 9.74. The minimum Gasteiger partial charge on any atom is -0.489 e. The van der Waals surface area contributed by atoms with Crippen LogP contribution in [0.1, 0.15) is 32.8 Å². The van der Waals surface area contributed by atoms with Crippen molar-refractivity contribution in [3.63, 3.8) is 0 Å². The van der Waals surface area contributed by atoms with Gasteiger partial charge in [-0.1, -0.05) is 20.8 Å². The van der Waals surface area contributed by atoms with E-state index in [0.717, 1.165) is 12.6 Å². The first-order valence-electron chi connectivity index (χ1n) is 6.98. The molecule has 0 spiro atoms. The third-order valence-corrected chi connectivity index (χ3v) is 2.93. The molecule has 1 atom stereocenters. The molecule has 1 aromatic carbocycles. The Bertz CT molecular complexity index is 446.